The van der Waals surface area contributed by atoms with E-state index < -0.39 is 0 Å². The van der Waals surface area contributed by atoms with Crippen LogP contribution in [-0.2, 0) is 0 Å². The van der Waals surface area contributed by atoms with Crippen molar-refractivity contribution in [3.63, 3.8) is 0 Å². The number of urea groups is 1. The zero-order valence-electron chi connectivity index (χ0n) is 11.3. The topological polar surface area (TPSA) is 70.2 Å². The number of anilines is 2. The van der Waals surface area contributed by atoms with Gasteiger partial charge in [-0.2, -0.15) is 0 Å². The number of halogens is 1. The second-order valence-electron chi connectivity index (χ2n) is 4.24. The smallest absolute Gasteiger partial charge is 0.323 e. The zero-order chi connectivity index (χ0) is 15.2. The van der Waals surface area contributed by atoms with Crippen LogP contribution in [0, 0.1) is 0 Å². The molecule has 21 heavy (non-hydrogen) atoms. The highest BCUT2D eigenvalue weighted by Crippen LogP contribution is 2.14. The molecule has 0 fully saturated rings. The molecule has 0 heterocycles. The Kier molecular flexibility index (Phi) is 4.79. The van der Waals surface area contributed by atoms with Gasteiger partial charge in [-0.05, 0) is 48.5 Å². The second-order valence-corrected chi connectivity index (χ2v) is 4.68. The van der Waals surface area contributed by atoms with E-state index in [0.29, 0.717) is 22.0 Å². The van der Waals surface area contributed by atoms with E-state index in [1.807, 2.05) is 0 Å². The van der Waals surface area contributed by atoms with Gasteiger partial charge in [0.05, 0.1) is 0 Å². The Bertz CT molecular complexity index is 639. The Morgan fingerprint density at radius 3 is 1.81 bits per heavy atom. The van der Waals surface area contributed by atoms with Crippen LogP contribution in [0.25, 0.3) is 0 Å². The number of carbonyl (C=O) groups excluding carboxylic acids is 2. The van der Waals surface area contributed by atoms with Crippen LogP contribution in [-0.4, -0.2) is 19.0 Å². The van der Waals surface area contributed by atoms with Crippen LogP contribution in [0.15, 0.2) is 48.5 Å². The third-order valence-electron chi connectivity index (χ3n) is 2.73. The molecule has 2 rings (SSSR count). The molecule has 0 saturated carbocycles. The Morgan fingerprint density at radius 1 is 0.857 bits per heavy atom. The number of hydrogen-bond acceptors (Lipinski definition) is 2. The minimum absolute atomic E-state index is 0.174. The predicted octanol–water partition coefficient (Wildman–Crippen LogP) is 3.34. The molecule has 108 valence electrons. The largest absolute Gasteiger partial charge is 0.355 e. The monoisotopic (exact) mass is 303 g/mol. The summed E-state index contributed by atoms with van der Waals surface area (Å²) >= 11 is 5.77. The molecule has 0 unspecified atom stereocenters. The second kappa shape index (κ2) is 6.76. The lowest BCUT2D eigenvalue weighted by Crippen LogP contribution is -2.20. The summed E-state index contributed by atoms with van der Waals surface area (Å²) in [5.41, 5.74) is 1.76. The molecule has 0 atom stereocenters. The molecule has 0 saturated heterocycles. The van der Waals surface area contributed by atoms with Crippen molar-refractivity contribution in [1.82, 2.24) is 5.32 Å². The van der Waals surface area contributed by atoms with E-state index in [1.165, 1.54) is 0 Å². The fraction of sp³-hybridized carbons (Fsp3) is 0.0667. The lowest BCUT2D eigenvalue weighted by atomic mass is 10.2. The summed E-state index contributed by atoms with van der Waals surface area (Å²) in [7, 11) is 1.56. The van der Waals surface area contributed by atoms with Gasteiger partial charge in [0.2, 0.25) is 0 Å². The maximum atomic E-state index is 11.8. The Labute approximate surface area is 127 Å². The van der Waals surface area contributed by atoms with E-state index >= 15 is 0 Å². The molecule has 2 aromatic rings. The predicted molar refractivity (Wildman–Crippen MR) is 83.9 cm³/mol. The molecule has 3 N–H and O–H groups in total. The van der Waals surface area contributed by atoms with Crippen molar-refractivity contribution in [2.75, 3.05) is 17.7 Å². The Balaban J connectivity index is 1.96. The third-order valence-corrected chi connectivity index (χ3v) is 2.99. The Morgan fingerprint density at radius 2 is 1.33 bits per heavy atom. The number of nitrogens with one attached hydrogen (secondary N) is 3. The minimum atomic E-state index is -0.370. The number of carbonyl (C=O) groups is 2. The van der Waals surface area contributed by atoms with Crippen molar-refractivity contribution < 1.29 is 9.59 Å². The molecule has 0 aromatic heterocycles. The first-order chi connectivity index (χ1) is 10.1. The summed E-state index contributed by atoms with van der Waals surface area (Å²) in [6.07, 6.45) is 0. The zero-order valence-corrected chi connectivity index (χ0v) is 12.1. The molecule has 0 aliphatic heterocycles. The molecular weight excluding hydrogens is 290 g/mol. The standard InChI is InChI=1S/C15H14ClN3O2/c1-17-14(20)10-2-6-12(7-3-10)18-15(21)19-13-8-4-11(16)5-9-13/h2-9H,1H3,(H,17,20)(H2,18,19,21). The van der Waals surface area contributed by atoms with Gasteiger partial charge < -0.3 is 16.0 Å². The van der Waals surface area contributed by atoms with E-state index in [4.69, 9.17) is 11.6 Å². The molecule has 0 bridgehead atoms. The van der Waals surface area contributed by atoms with Crippen molar-refractivity contribution >= 4 is 34.9 Å². The summed E-state index contributed by atoms with van der Waals surface area (Å²) < 4.78 is 0. The highest BCUT2D eigenvalue weighted by atomic mass is 35.5. The van der Waals surface area contributed by atoms with Gasteiger partial charge >= 0.3 is 6.03 Å². The van der Waals surface area contributed by atoms with Crippen molar-refractivity contribution in [2.24, 2.45) is 0 Å². The first-order valence-corrected chi connectivity index (χ1v) is 6.62. The summed E-state index contributed by atoms with van der Waals surface area (Å²) in [6, 6.07) is 13.0. The molecular formula is C15H14ClN3O2. The number of amides is 3. The van der Waals surface area contributed by atoms with Crippen LogP contribution in [0.3, 0.4) is 0 Å². The van der Waals surface area contributed by atoms with Gasteiger partial charge in [0.25, 0.3) is 5.91 Å². The summed E-state index contributed by atoms with van der Waals surface area (Å²) in [6.45, 7) is 0. The van der Waals surface area contributed by atoms with Gasteiger partial charge in [-0.1, -0.05) is 11.6 Å². The molecule has 3 amide bonds. The fourth-order valence-corrected chi connectivity index (χ4v) is 1.80. The van der Waals surface area contributed by atoms with Crippen LogP contribution >= 0.6 is 11.6 Å². The van der Waals surface area contributed by atoms with E-state index in [2.05, 4.69) is 16.0 Å². The normalized spacial score (nSPS) is 9.81. The molecule has 0 aliphatic carbocycles. The molecule has 6 heteroatoms. The molecule has 5 nitrogen and oxygen atoms in total. The lowest BCUT2D eigenvalue weighted by molar-refractivity contribution is 0.0963. The van der Waals surface area contributed by atoms with Crippen molar-refractivity contribution in [3.05, 3.63) is 59.1 Å². The van der Waals surface area contributed by atoms with Crippen LogP contribution < -0.4 is 16.0 Å². The average molecular weight is 304 g/mol. The SMILES string of the molecule is CNC(=O)c1ccc(NC(=O)Nc2ccc(Cl)cc2)cc1. The van der Waals surface area contributed by atoms with E-state index in [1.54, 1.807) is 55.6 Å². The van der Waals surface area contributed by atoms with Gasteiger partial charge in [0.15, 0.2) is 0 Å². The van der Waals surface area contributed by atoms with Crippen LogP contribution in [0.4, 0.5) is 16.2 Å². The fourth-order valence-electron chi connectivity index (χ4n) is 1.68. The summed E-state index contributed by atoms with van der Waals surface area (Å²) in [5.74, 6) is -0.174. The molecule has 0 spiro atoms. The molecule has 2 aromatic carbocycles. The van der Waals surface area contributed by atoms with Gasteiger partial charge in [-0.25, -0.2) is 4.79 Å². The molecule has 0 aliphatic rings. The number of hydrogen-bond donors (Lipinski definition) is 3. The minimum Gasteiger partial charge on any atom is -0.355 e. The van der Waals surface area contributed by atoms with Crippen molar-refractivity contribution in [3.8, 4) is 0 Å². The maximum Gasteiger partial charge on any atom is 0.323 e. The maximum absolute atomic E-state index is 11.8. The van der Waals surface area contributed by atoms with Gasteiger partial charge in [-0.3, -0.25) is 4.79 Å². The number of rotatable bonds is 3. The van der Waals surface area contributed by atoms with E-state index in [-0.39, 0.29) is 11.9 Å². The van der Waals surface area contributed by atoms with Gasteiger partial charge in [-0.15, -0.1) is 0 Å². The van der Waals surface area contributed by atoms with Gasteiger partial charge in [0.1, 0.15) is 0 Å². The van der Waals surface area contributed by atoms with Crippen LogP contribution in [0.5, 0.6) is 0 Å². The average Bonchev–Trinajstić information content (AvgIpc) is 2.49. The van der Waals surface area contributed by atoms with Crippen LogP contribution in [0.2, 0.25) is 5.02 Å². The highest BCUT2D eigenvalue weighted by Gasteiger charge is 2.05. The third kappa shape index (κ3) is 4.22. The summed E-state index contributed by atoms with van der Waals surface area (Å²) in [5, 5.41) is 8.48. The van der Waals surface area contributed by atoms with Gasteiger partial charge in [0, 0.05) is 29.0 Å². The first-order valence-electron chi connectivity index (χ1n) is 6.24. The quantitative estimate of drug-likeness (QED) is 0.814. The number of benzene rings is 2. The highest BCUT2D eigenvalue weighted by molar-refractivity contribution is 6.30. The van der Waals surface area contributed by atoms with Crippen molar-refractivity contribution in [2.45, 2.75) is 0 Å². The van der Waals surface area contributed by atoms with Crippen LogP contribution in [0.1, 0.15) is 10.4 Å². The lowest BCUT2D eigenvalue weighted by Gasteiger charge is -2.08. The van der Waals surface area contributed by atoms with E-state index in [9.17, 15) is 9.59 Å². The van der Waals surface area contributed by atoms with E-state index in [0.717, 1.165) is 0 Å². The molecule has 0 radical (unpaired) electrons. The Hall–Kier alpha value is -2.53. The summed E-state index contributed by atoms with van der Waals surface area (Å²) in [4.78, 5) is 23.2. The van der Waals surface area contributed by atoms with Crippen molar-refractivity contribution in [1.29, 1.82) is 0 Å². The first kappa shape index (κ1) is 14.9.